The number of hydrogen-bond acceptors (Lipinski definition) is 6. The van der Waals surface area contributed by atoms with Crippen molar-refractivity contribution in [1.82, 2.24) is 9.88 Å². The zero-order valence-electron chi connectivity index (χ0n) is 16.2. The van der Waals surface area contributed by atoms with Crippen LogP contribution in [-0.4, -0.2) is 35.9 Å². The third kappa shape index (κ3) is 3.11. The number of thiophene rings is 1. The lowest BCUT2D eigenvalue weighted by molar-refractivity contribution is -0.129. The van der Waals surface area contributed by atoms with Crippen molar-refractivity contribution in [2.75, 3.05) is 14.2 Å². The van der Waals surface area contributed by atoms with Crippen LogP contribution in [-0.2, 0) is 10.3 Å². The molecule has 4 rings (SSSR count). The summed E-state index contributed by atoms with van der Waals surface area (Å²) in [7, 11) is 3.02. The van der Waals surface area contributed by atoms with Crippen molar-refractivity contribution in [1.29, 1.82) is 0 Å². The molecular formula is C21H18F2N4O2S. The van der Waals surface area contributed by atoms with E-state index in [1.54, 1.807) is 12.1 Å². The third-order valence-electron chi connectivity index (χ3n) is 5.08. The van der Waals surface area contributed by atoms with Crippen molar-refractivity contribution < 1.29 is 18.3 Å². The minimum absolute atomic E-state index is 0.00434. The lowest BCUT2D eigenvalue weighted by Gasteiger charge is -2.27. The smallest absolute Gasteiger partial charge is 0.280 e. The Morgan fingerprint density at radius 2 is 1.97 bits per heavy atom. The van der Waals surface area contributed by atoms with E-state index >= 15 is 0 Å². The van der Waals surface area contributed by atoms with Gasteiger partial charge in [-0.05, 0) is 69.4 Å². The molecule has 1 unspecified atom stereocenters. The number of ether oxygens (including phenoxy) is 1. The summed E-state index contributed by atoms with van der Waals surface area (Å²) in [5.41, 5.74) is 6.39. The van der Waals surface area contributed by atoms with Crippen LogP contribution in [0.2, 0.25) is 0 Å². The topological polar surface area (TPSA) is 80.8 Å². The molecule has 1 aliphatic heterocycles. The Bertz CT molecular complexity index is 1130. The summed E-state index contributed by atoms with van der Waals surface area (Å²) in [6, 6.07) is 9.96. The Morgan fingerprint density at radius 1 is 1.17 bits per heavy atom. The van der Waals surface area contributed by atoms with Crippen molar-refractivity contribution in [2.24, 2.45) is 10.7 Å². The van der Waals surface area contributed by atoms with Crippen LogP contribution in [0.25, 0.3) is 11.1 Å². The van der Waals surface area contributed by atoms with Crippen LogP contribution >= 0.6 is 11.3 Å². The van der Waals surface area contributed by atoms with Crippen LogP contribution < -0.4 is 10.5 Å². The molecule has 0 saturated carbocycles. The summed E-state index contributed by atoms with van der Waals surface area (Å²) >= 11 is 1.53. The van der Waals surface area contributed by atoms with Crippen LogP contribution in [0, 0.1) is 0 Å². The molecule has 3 aromatic rings. The molecular weight excluding hydrogens is 410 g/mol. The average molecular weight is 428 g/mol. The second kappa shape index (κ2) is 7.49. The molecule has 6 nitrogen and oxygen atoms in total. The Labute approximate surface area is 175 Å². The number of halogens is 2. The van der Waals surface area contributed by atoms with Gasteiger partial charge in [0.25, 0.3) is 12.3 Å². The minimum Gasteiger partial charge on any atom is -0.497 e. The van der Waals surface area contributed by atoms with Gasteiger partial charge in [-0.3, -0.25) is 14.7 Å². The van der Waals surface area contributed by atoms with Gasteiger partial charge in [-0.2, -0.15) is 11.3 Å². The van der Waals surface area contributed by atoms with Gasteiger partial charge in [-0.15, -0.1) is 0 Å². The monoisotopic (exact) mass is 428 g/mol. The van der Waals surface area contributed by atoms with E-state index in [1.165, 1.54) is 48.7 Å². The molecule has 30 heavy (non-hydrogen) atoms. The Balaban J connectivity index is 2.01. The second-order valence-electron chi connectivity index (χ2n) is 6.78. The number of nitrogens with two attached hydrogens (primary N) is 1. The Morgan fingerprint density at radius 3 is 2.57 bits per heavy atom. The molecule has 1 aromatic carbocycles. The second-order valence-corrected chi connectivity index (χ2v) is 7.56. The van der Waals surface area contributed by atoms with Crippen molar-refractivity contribution in [3.05, 3.63) is 70.2 Å². The van der Waals surface area contributed by atoms with Crippen LogP contribution in [0.1, 0.15) is 23.2 Å². The summed E-state index contributed by atoms with van der Waals surface area (Å²) in [5, 5.41) is 3.90. The first kappa shape index (κ1) is 20.0. The quantitative estimate of drug-likeness (QED) is 0.671. The van der Waals surface area contributed by atoms with E-state index in [1.807, 2.05) is 22.9 Å². The number of pyridine rings is 1. The van der Waals surface area contributed by atoms with E-state index in [4.69, 9.17) is 10.5 Å². The molecule has 1 aliphatic rings. The van der Waals surface area contributed by atoms with E-state index in [0.29, 0.717) is 11.3 Å². The number of aromatic nitrogens is 1. The molecule has 9 heteroatoms. The molecule has 1 atom stereocenters. The van der Waals surface area contributed by atoms with Crippen LogP contribution in [0.5, 0.6) is 5.75 Å². The zero-order valence-corrected chi connectivity index (χ0v) is 17.0. The maximum atomic E-state index is 13.4. The first-order valence-electron chi connectivity index (χ1n) is 8.97. The fourth-order valence-corrected chi connectivity index (χ4v) is 4.16. The van der Waals surface area contributed by atoms with E-state index in [-0.39, 0.29) is 11.5 Å². The predicted molar refractivity (Wildman–Crippen MR) is 111 cm³/mol. The maximum absolute atomic E-state index is 13.4. The standard InChI is InChI=1S/C21H18F2N4O2S/c1-27-19(28)21(26-20(27)24,14-3-5-25-17(10-14)18(22)23)15-7-13(8-16(9-15)29-2)12-4-6-30-11-12/h3-11,18H,1-2H3,(H2,24,26). The van der Waals surface area contributed by atoms with E-state index in [0.717, 1.165) is 11.1 Å². The fourth-order valence-electron chi connectivity index (χ4n) is 3.50. The van der Waals surface area contributed by atoms with Gasteiger partial charge >= 0.3 is 0 Å². The van der Waals surface area contributed by atoms with Gasteiger partial charge in [0.15, 0.2) is 11.5 Å². The predicted octanol–water partition coefficient (Wildman–Crippen LogP) is 3.79. The maximum Gasteiger partial charge on any atom is 0.280 e. The van der Waals surface area contributed by atoms with Gasteiger partial charge < -0.3 is 10.5 Å². The Hall–Kier alpha value is -3.33. The number of aliphatic imine (C=N–C) groups is 1. The lowest BCUT2D eigenvalue weighted by Crippen LogP contribution is -2.41. The fraction of sp³-hybridized carbons (Fsp3) is 0.190. The molecule has 0 spiro atoms. The number of nitrogens with zero attached hydrogens (tertiary/aromatic N) is 3. The molecule has 1 amide bonds. The van der Waals surface area contributed by atoms with Gasteiger partial charge in [0.1, 0.15) is 11.4 Å². The van der Waals surface area contributed by atoms with Crippen LogP contribution in [0.4, 0.5) is 8.78 Å². The highest BCUT2D eigenvalue weighted by molar-refractivity contribution is 7.08. The molecule has 0 saturated heterocycles. The molecule has 0 bridgehead atoms. The number of carbonyl (C=O) groups excluding carboxylic acids is 1. The first-order chi connectivity index (χ1) is 14.4. The summed E-state index contributed by atoms with van der Waals surface area (Å²) in [6.07, 6.45) is -1.54. The largest absolute Gasteiger partial charge is 0.497 e. The first-order valence-corrected chi connectivity index (χ1v) is 9.91. The number of methoxy groups -OCH3 is 1. The Kier molecular flexibility index (Phi) is 4.98. The average Bonchev–Trinajstić information content (AvgIpc) is 3.37. The molecule has 0 aliphatic carbocycles. The van der Waals surface area contributed by atoms with Gasteiger partial charge in [0.05, 0.1) is 7.11 Å². The summed E-state index contributed by atoms with van der Waals surface area (Å²) in [6.45, 7) is 0. The summed E-state index contributed by atoms with van der Waals surface area (Å²) in [5.74, 6) is 0.0542. The van der Waals surface area contributed by atoms with E-state index in [2.05, 4.69) is 9.98 Å². The number of hydrogen-bond donors (Lipinski definition) is 1. The van der Waals surface area contributed by atoms with Gasteiger partial charge in [-0.25, -0.2) is 13.8 Å². The normalized spacial score (nSPS) is 18.8. The molecule has 2 aromatic heterocycles. The van der Waals surface area contributed by atoms with Crippen LogP contribution in [0.3, 0.4) is 0 Å². The van der Waals surface area contributed by atoms with Gasteiger partial charge in [0, 0.05) is 13.2 Å². The lowest BCUT2D eigenvalue weighted by atomic mass is 9.81. The third-order valence-corrected chi connectivity index (χ3v) is 5.76. The summed E-state index contributed by atoms with van der Waals surface area (Å²) < 4.78 is 32.1. The highest BCUT2D eigenvalue weighted by atomic mass is 32.1. The molecule has 3 heterocycles. The minimum atomic E-state index is -2.79. The molecule has 154 valence electrons. The highest BCUT2D eigenvalue weighted by Crippen LogP contribution is 2.42. The number of rotatable bonds is 5. The molecule has 0 radical (unpaired) electrons. The number of benzene rings is 1. The van der Waals surface area contributed by atoms with Gasteiger partial charge in [0.2, 0.25) is 0 Å². The summed E-state index contributed by atoms with van der Waals surface area (Å²) in [4.78, 5) is 22.8. The van der Waals surface area contributed by atoms with E-state index in [9.17, 15) is 13.6 Å². The van der Waals surface area contributed by atoms with Crippen LogP contribution in [0.15, 0.2) is 58.3 Å². The van der Waals surface area contributed by atoms with Crippen molar-refractivity contribution in [3.8, 4) is 16.9 Å². The van der Waals surface area contributed by atoms with Crippen molar-refractivity contribution in [2.45, 2.75) is 12.0 Å². The molecule has 0 fully saturated rings. The number of likely N-dealkylation sites (N-methyl/N-ethyl adjacent to an activating group) is 1. The number of alkyl halides is 2. The van der Waals surface area contributed by atoms with Gasteiger partial charge in [-0.1, -0.05) is 0 Å². The number of amides is 1. The SMILES string of the molecule is COc1cc(-c2ccsc2)cc(C2(c3ccnc(C(F)F)c3)N=C(N)N(C)C2=O)c1. The number of carbonyl (C=O) groups is 1. The zero-order chi connectivity index (χ0) is 21.5. The van der Waals surface area contributed by atoms with Crippen molar-refractivity contribution in [3.63, 3.8) is 0 Å². The van der Waals surface area contributed by atoms with Crippen molar-refractivity contribution >= 4 is 23.2 Å². The number of guanidine groups is 1. The molecule has 2 N–H and O–H groups in total. The van der Waals surface area contributed by atoms with E-state index < -0.39 is 23.6 Å². The highest BCUT2D eigenvalue weighted by Gasteiger charge is 2.50.